The highest BCUT2D eigenvalue weighted by Gasteiger charge is 3.03. The summed E-state index contributed by atoms with van der Waals surface area (Å²) in [4.78, 5) is 0. The van der Waals surface area contributed by atoms with Crippen molar-refractivity contribution in [2.45, 2.75) is 110 Å². The Bertz CT molecular complexity index is 1250. The van der Waals surface area contributed by atoms with E-state index in [-0.39, 0.29) is 31.4 Å². The normalized spacial score (nSPS) is 30.5. The topological polar surface area (TPSA) is 40.5 Å². The summed E-state index contributed by atoms with van der Waals surface area (Å²) in [6.07, 6.45) is -27.4. The fourth-order valence-corrected chi connectivity index (χ4v) is 6.49. The first-order valence-corrected chi connectivity index (χ1v) is 13.4. The number of halogens is 20. The molecular formula is C26H22F20O2. The Morgan fingerprint density at radius 1 is 0.583 bits per heavy atom. The van der Waals surface area contributed by atoms with E-state index in [1.807, 2.05) is 0 Å². The van der Waals surface area contributed by atoms with Crippen molar-refractivity contribution >= 4 is 0 Å². The molecule has 3 saturated carbocycles. The molecule has 3 aliphatic carbocycles. The van der Waals surface area contributed by atoms with E-state index in [2.05, 4.69) is 0 Å². The molecule has 0 amide bonds. The Balaban J connectivity index is 0.000000292. The van der Waals surface area contributed by atoms with Crippen LogP contribution in [0.2, 0.25) is 0 Å². The predicted molar refractivity (Wildman–Crippen MR) is 121 cm³/mol. The molecule has 0 aliphatic heterocycles. The van der Waals surface area contributed by atoms with Gasteiger partial charge in [0, 0.05) is 23.0 Å². The van der Waals surface area contributed by atoms with Crippen LogP contribution in [0.1, 0.15) is 62.1 Å². The van der Waals surface area contributed by atoms with Gasteiger partial charge in [0.1, 0.15) is 0 Å². The lowest BCUT2D eigenvalue weighted by Gasteiger charge is -2.39. The predicted octanol–water partition coefficient (Wildman–Crippen LogP) is 9.58. The smallest absolute Gasteiger partial charge is 0.369 e. The van der Waals surface area contributed by atoms with Crippen molar-refractivity contribution in [1.82, 2.24) is 0 Å². The van der Waals surface area contributed by atoms with Gasteiger partial charge in [-0.1, -0.05) is 26.0 Å². The molecule has 4 rings (SSSR count). The van der Waals surface area contributed by atoms with Gasteiger partial charge >= 0.3 is 42.5 Å². The first-order valence-electron chi connectivity index (χ1n) is 13.4. The first kappa shape index (κ1) is 40.2. The Labute approximate surface area is 256 Å². The van der Waals surface area contributed by atoms with E-state index in [0.29, 0.717) is 0 Å². The Morgan fingerprint density at radius 2 is 0.875 bits per heavy atom. The van der Waals surface area contributed by atoms with Crippen molar-refractivity contribution in [2.24, 2.45) is 11.8 Å². The van der Waals surface area contributed by atoms with Crippen molar-refractivity contribution in [3.8, 4) is 0 Å². The van der Waals surface area contributed by atoms with Gasteiger partial charge in [-0.3, -0.25) is 0 Å². The maximum atomic E-state index is 14.3. The van der Waals surface area contributed by atoms with Gasteiger partial charge in [0.2, 0.25) is 11.3 Å². The molecule has 5 unspecified atom stereocenters. The Kier molecular flexibility index (Phi) is 9.10. The van der Waals surface area contributed by atoms with Gasteiger partial charge in [-0.15, -0.1) is 0 Å². The highest BCUT2D eigenvalue weighted by molar-refractivity contribution is 5.41. The lowest BCUT2D eigenvalue weighted by molar-refractivity contribution is -0.378. The average molecular weight is 746 g/mol. The zero-order valence-electron chi connectivity index (χ0n) is 23.7. The highest BCUT2D eigenvalue weighted by Crippen LogP contribution is 2.79. The van der Waals surface area contributed by atoms with E-state index >= 15 is 0 Å². The molecule has 0 spiro atoms. The minimum Gasteiger partial charge on any atom is -0.369 e. The molecule has 2 N–H and O–H groups in total. The van der Waals surface area contributed by atoms with E-state index in [1.165, 1.54) is 6.92 Å². The molecule has 48 heavy (non-hydrogen) atoms. The van der Waals surface area contributed by atoms with Gasteiger partial charge in [0.05, 0.1) is 0 Å². The zero-order valence-corrected chi connectivity index (χ0v) is 23.7. The SMILES string of the molecule is CCC(C)c1cc(C(O)(C(F)(F)F)C(F)(F)F)cc(C(O)(C(F)(F)F)C(F)(F)F)c1.FC1(F)C(F)(F)C2(F)C3CCC(C3)C2(F)C1(F)F. The van der Waals surface area contributed by atoms with E-state index < -0.39 is 112 Å². The summed E-state index contributed by atoms with van der Waals surface area (Å²) in [5, 5.41) is 18.9. The van der Waals surface area contributed by atoms with Crippen LogP contribution in [0.4, 0.5) is 87.8 Å². The summed E-state index contributed by atoms with van der Waals surface area (Å²) in [5.41, 5.74) is -26.0. The van der Waals surface area contributed by atoms with Crippen LogP contribution in [0.3, 0.4) is 0 Å². The zero-order chi connectivity index (χ0) is 37.9. The molecule has 0 aromatic heterocycles. The van der Waals surface area contributed by atoms with Gasteiger partial charge < -0.3 is 10.2 Å². The molecule has 2 nitrogen and oxygen atoms in total. The second-order valence-corrected chi connectivity index (χ2v) is 11.9. The average Bonchev–Trinajstić information content (AvgIpc) is 3.51. The molecule has 278 valence electrons. The maximum Gasteiger partial charge on any atom is 0.430 e. The molecular weight excluding hydrogens is 724 g/mol. The molecule has 0 saturated heterocycles. The number of aliphatic hydroxyl groups is 2. The number of alkyl halides is 20. The Hall–Kier alpha value is -2.26. The minimum absolute atomic E-state index is 0.00577. The molecule has 0 heterocycles. The quantitative estimate of drug-likeness (QED) is 0.302. The lowest BCUT2D eigenvalue weighted by atomic mass is 9.74. The van der Waals surface area contributed by atoms with Crippen molar-refractivity contribution in [3.05, 3.63) is 34.9 Å². The van der Waals surface area contributed by atoms with Gasteiger partial charge in [0.15, 0.2) is 0 Å². The molecule has 3 aliphatic rings. The Morgan fingerprint density at radius 3 is 1.12 bits per heavy atom. The van der Waals surface area contributed by atoms with Crippen molar-refractivity contribution in [2.75, 3.05) is 0 Å². The largest absolute Gasteiger partial charge is 0.430 e. The van der Waals surface area contributed by atoms with Crippen LogP contribution < -0.4 is 0 Å². The fraction of sp³-hybridized carbons (Fsp3) is 0.769. The van der Waals surface area contributed by atoms with Gasteiger partial charge in [0.25, 0.3) is 11.2 Å². The summed E-state index contributed by atoms with van der Waals surface area (Å²) < 4.78 is 266. The van der Waals surface area contributed by atoms with Gasteiger partial charge in [-0.2, -0.15) is 79.0 Å². The minimum atomic E-state index is -6.56. The summed E-state index contributed by atoms with van der Waals surface area (Å²) in [7, 11) is 0. The highest BCUT2D eigenvalue weighted by atomic mass is 19.4. The van der Waals surface area contributed by atoms with E-state index in [0.717, 1.165) is 6.92 Å². The van der Waals surface area contributed by atoms with Gasteiger partial charge in [-0.25, -0.2) is 8.78 Å². The third-order valence-electron chi connectivity index (χ3n) is 9.40. The summed E-state index contributed by atoms with van der Waals surface area (Å²) >= 11 is 0. The number of hydrogen-bond donors (Lipinski definition) is 2. The molecule has 22 heteroatoms. The monoisotopic (exact) mass is 746 g/mol. The number of rotatable bonds is 4. The standard InChI is InChI=1S/C16H14F12O2.C10H8F8/c1-3-7(2)8-4-9(11(29,13(17,18)19)14(20,21)22)6-10(5-8)12(30,15(23,24)25)16(26,27)28;11-6-4-1-2-5(3-4)7(6,12)9(15,16)10(17,18)8(6,13)14/h4-7,29-30H,3H2,1-2H3;4-5H,1-3H2. The van der Waals surface area contributed by atoms with Crippen LogP contribution in [-0.4, -0.2) is 64.0 Å². The van der Waals surface area contributed by atoms with Crippen molar-refractivity contribution < 1.29 is 98.0 Å². The van der Waals surface area contributed by atoms with Crippen LogP contribution in [0, 0.1) is 11.8 Å². The van der Waals surface area contributed by atoms with Crippen LogP contribution >= 0.6 is 0 Å². The number of hydrogen-bond acceptors (Lipinski definition) is 2. The third-order valence-corrected chi connectivity index (χ3v) is 9.40. The van der Waals surface area contributed by atoms with Crippen LogP contribution in [0.15, 0.2) is 18.2 Å². The number of benzene rings is 1. The van der Waals surface area contributed by atoms with E-state index in [9.17, 15) is 98.0 Å². The van der Waals surface area contributed by atoms with E-state index in [4.69, 9.17) is 0 Å². The molecule has 1 aromatic rings. The summed E-state index contributed by atoms with van der Waals surface area (Å²) in [5.74, 6) is -22.1. The maximum absolute atomic E-state index is 14.3. The van der Waals surface area contributed by atoms with Crippen molar-refractivity contribution in [1.29, 1.82) is 0 Å². The summed E-state index contributed by atoms with van der Waals surface area (Å²) in [6.45, 7) is 2.40. The molecule has 3 fully saturated rings. The molecule has 0 radical (unpaired) electrons. The molecule has 2 bridgehead atoms. The van der Waals surface area contributed by atoms with Crippen LogP contribution in [0.25, 0.3) is 0 Å². The number of fused-ring (bicyclic) bond motifs is 5. The van der Waals surface area contributed by atoms with Crippen LogP contribution in [-0.2, 0) is 11.2 Å². The summed E-state index contributed by atoms with van der Waals surface area (Å²) in [6, 6.07) is -0.786. The molecule has 1 aromatic carbocycles. The fourth-order valence-electron chi connectivity index (χ4n) is 6.49. The third kappa shape index (κ3) is 4.75. The van der Waals surface area contributed by atoms with Gasteiger partial charge in [-0.05, 0) is 43.2 Å². The molecule has 5 atom stereocenters. The lowest BCUT2D eigenvalue weighted by Crippen LogP contribution is -2.60. The van der Waals surface area contributed by atoms with Crippen LogP contribution in [0.5, 0.6) is 0 Å². The second-order valence-electron chi connectivity index (χ2n) is 11.9. The van der Waals surface area contributed by atoms with Crippen molar-refractivity contribution in [3.63, 3.8) is 0 Å². The van der Waals surface area contributed by atoms with E-state index in [1.54, 1.807) is 0 Å². The first-order chi connectivity index (χ1) is 21.0. The second kappa shape index (κ2) is 10.9.